The van der Waals surface area contributed by atoms with Gasteiger partial charge >= 0.3 is 5.97 Å². The lowest BCUT2D eigenvalue weighted by molar-refractivity contribution is -0.145. The van der Waals surface area contributed by atoms with Gasteiger partial charge in [0, 0.05) is 30.8 Å². The molecule has 2 aromatic carbocycles. The van der Waals surface area contributed by atoms with Gasteiger partial charge in [-0.1, -0.05) is 42.5 Å². The molecule has 2 N–H and O–H groups in total. The Hall–Kier alpha value is -3.74. The minimum Gasteiger partial charge on any atom is -0.467 e. The van der Waals surface area contributed by atoms with Crippen LogP contribution in [0.15, 0.2) is 60.8 Å². The highest BCUT2D eigenvalue weighted by Gasteiger charge is 2.24. The molecule has 0 saturated heterocycles. The van der Waals surface area contributed by atoms with Gasteiger partial charge in [-0.2, -0.15) is 0 Å². The third-order valence-electron chi connectivity index (χ3n) is 5.98. The van der Waals surface area contributed by atoms with E-state index in [4.69, 9.17) is 4.74 Å². The zero-order valence-electron chi connectivity index (χ0n) is 18.5. The maximum atomic E-state index is 13.0. The number of carbonyl (C=O) groups excluding carboxylic acids is 3. The monoisotopic (exact) mass is 445 g/mol. The summed E-state index contributed by atoms with van der Waals surface area (Å²) in [7, 11) is 1.32. The fourth-order valence-corrected chi connectivity index (χ4v) is 4.34. The van der Waals surface area contributed by atoms with E-state index in [2.05, 4.69) is 15.6 Å². The lowest BCUT2D eigenvalue weighted by atomic mass is 9.89. The summed E-state index contributed by atoms with van der Waals surface area (Å²) in [5, 5.41) is 6.75. The molecule has 2 bridgehead atoms. The summed E-state index contributed by atoms with van der Waals surface area (Å²) in [6, 6.07) is 16.7. The van der Waals surface area contributed by atoms with Crippen LogP contribution in [0.2, 0.25) is 0 Å². The third-order valence-corrected chi connectivity index (χ3v) is 5.98. The van der Waals surface area contributed by atoms with Crippen LogP contribution in [0.3, 0.4) is 0 Å². The topological polar surface area (TPSA) is 97.4 Å². The maximum absolute atomic E-state index is 13.0. The van der Waals surface area contributed by atoms with Crippen molar-refractivity contribution in [3.8, 4) is 0 Å². The molecule has 7 heteroatoms. The number of nitrogens with zero attached hydrogens (tertiary/aromatic N) is 1. The Balaban J connectivity index is 1.54. The number of pyridine rings is 1. The molecule has 0 aliphatic carbocycles. The molecule has 0 spiro atoms. The molecule has 1 aliphatic rings. The van der Waals surface area contributed by atoms with E-state index in [0.29, 0.717) is 24.9 Å². The van der Waals surface area contributed by atoms with Crippen LogP contribution < -0.4 is 10.6 Å². The van der Waals surface area contributed by atoms with Crippen molar-refractivity contribution in [2.45, 2.75) is 44.1 Å². The van der Waals surface area contributed by atoms with Gasteiger partial charge in [-0.25, -0.2) is 4.79 Å². The second-order valence-electron chi connectivity index (χ2n) is 8.31. The number of amides is 2. The van der Waals surface area contributed by atoms with Gasteiger partial charge in [0.15, 0.2) is 0 Å². The minimum atomic E-state index is -0.725. The number of para-hydroxylation sites is 1. The molecule has 2 heterocycles. The van der Waals surface area contributed by atoms with Crippen LogP contribution in [0, 0.1) is 0 Å². The largest absolute Gasteiger partial charge is 0.467 e. The molecule has 2 atom stereocenters. The van der Waals surface area contributed by atoms with Crippen LogP contribution in [0.5, 0.6) is 0 Å². The Kier molecular flexibility index (Phi) is 6.98. The van der Waals surface area contributed by atoms with Gasteiger partial charge in [0.25, 0.3) is 0 Å². The van der Waals surface area contributed by atoms with Crippen LogP contribution in [-0.4, -0.2) is 35.9 Å². The van der Waals surface area contributed by atoms with Crippen molar-refractivity contribution >= 4 is 34.4 Å². The Bertz CT molecular complexity index is 1170. The van der Waals surface area contributed by atoms with E-state index in [-0.39, 0.29) is 30.6 Å². The molecule has 0 saturated carbocycles. The molecular weight excluding hydrogens is 418 g/mol. The standard InChI is InChI=1S/C26H27N3O4/c1-33-26(32)22-15-17-6-2-8-19(14-17)20(9-4-12-23(30)29-22)16-24(31)28-21-11-3-7-18-10-5-13-27-25(18)21/h2-3,5-8,10-11,13-14,20,22H,4,9,12,15-16H2,1H3,(H,28,31)(H,29,30)/t20?,22-/m0/s1. The smallest absolute Gasteiger partial charge is 0.328 e. The quantitative estimate of drug-likeness (QED) is 0.597. The lowest BCUT2D eigenvalue weighted by Gasteiger charge is -2.18. The van der Waals surface area contributed by atoms with E-state index in [0.717, 1.165) is 22.0 Å². The normalized spacial score (nSPS) is 18.6. The number of anilines is 1. The Morgan fingerprint density at radius 3 is 2.82 bits per heavy atom. The average molecular weight is 446 g/mol. The molecule has 4 rings (SSSR count). The molecule has 1 aliphatic heterocycles. The summed E-state index contributed by atoms with van der Waals surface area (Å²) in [5.41, 5.74) is 3.37. The highest BCUT2D eigenvalue weighted by molar-refractivity contribution is 6.00. The van der Waals surface area contributed by atoms with Gasteiger partial charge in [0.2, 0.25) is 11.8 Å². The molecule has 0 radical (unpaired) electrons. The number of methoxy groups -OCH3 is 1. The van der Waals surface area contributed by atoms with Crippen LogP contribution in [0.1, 0.15) is 42.7 Å². The molecule has 170 valence electrons. The third kappa shape index (κ3) is 5.55. The van der Waals surface area contributed by atoms with Gasteiger partial charge in [0.05, 0.1) is 18.3 Å². The number of aromatic nitrogens is 1. The van der Waals surface area contributed by atoms with Crippen molar-refractivity contribution < 1.29 is 19.1 Å². The van der Waals surface area contributed by atoms with E-state index in [9.17, 15) is 14.4 Å². The summed E-state index contributed by atoms with van der Waals surface area (Å²) in [4.78, 5) is 41.9. The first-order valence-electron chi connectivity index (χ1n) is 11.1. The maximum Gasteiger partial charge on any atom is 0.328 e. The fourth-order valence-electron chi connectivity index (χ4n) is 4.34. The van der Waals surface area contributed by atoms with Gasteiger partial charge in [-0.15, -0.1) is 0 Å². The van der Waals surface area contributed by atoms with Crippen molar-refractivity contribution in [3.05, 3.63) is 71.9 Å². The SMILES string of the molecule is COC(=O)[C@@H]1Cc2cccc(c2)C(CC(=O)Nc2cccc3cccnc23)CCCC(=O)N1. The molecule has 1 aromatic heterocycles. The van der Waals surface area contributed by atoms with Gasteiger partial charge < -0.3 is 15.4 Å². The predicted molar refractivity (Wildman–Crippen MR) is 126 cm³/mol. The van der Waals surface area contributed by atoms with Crippen molar-refractivity contribution in [1.82, 2.24) is 10.3 Å². The van der Waals surface area contributed by atoms with Gasteiger partial charge in [-0.3, -0.25) is 14.6 Å². The highest BCUT2D eigenvalue weighted by atomic mass is 16.5. The number of hydrogen-bond acceptors (Lipinski definition) is 5. The first-order chi connectivity index (χ1) is 16.0. The molecule has 0 fully saturated rings. The minimum absolute atomic E-state index is 0.0460. The average Bonchev–Trinajstić information content (AvgIpc) is 2.84. The van der Waals surface area contributed by atoms with Crippen molar-refractivity contribution in [3.63, 3.8) is 0 Å². The number of hydrogen-bond donors (Lipinski definition) is 2. The zero-order chi connectivity index (χ0) is 23.2. The number of nitrogens with one attached hydrogen (secondary N) is 2. The summed E-state index contributed by atoms with van der Waals surface area (Å²) < 4.78 is 4.86. The summed E-state index contributed by atoms with van der Waals surface area (Å²) in [6.45, 7) is 0. The summed E-state index contributed by atoms with van der Waals surface area (Å²) >= 11 is 0. The Labute approximate surface area is 192 Å². The number of rotatable bonds is 4. The van der Waals surface area contributed by atoms with Crippen LogP contribution in [0.4, 0.5) is 5.69 Å². The summed E-state index contributed by atoms with van der Waals surface area (Å²) in [6.07, 6.45) is 3.91. The van der Waals surface area contributed by atoms with E-state index < -0.39 is 12.0 Å². The first kappa shape index (κ1) is 22.5. The second kappa shape index (κ2) is 10.3. The number of carbonyl (C=O) groups is 3. The molecule has 2 amide bonds. The molecular formula is C26H27N3O4. The summed E-state index contributed by atoms with van der Waals surface area (Å²) in [5.74, 6) is -0.802. The predicted octanol–water partition coefficient (Wildman–Crippen LogP) is 3.73. The first-order valence-corrected chi connectivity index (χ1v) is 11.1. The molecule has 3 aromatic rings. The van der Waals surface area contributed by atoms with E-state index in [1.54, 1.807) is 6.20 Å². The van der Waals surface area contributed by atoms with Gasteiger partial charge in [0.1, 0.15) is 6.04 Å². The molecule has 33 heavy (non-hydrogen) atoms. The Morgan fingerprint density at radius 2 is 1.97 bits per heavy atom. The van der Waals surface area contributed by atoms with Gasteiger partial charge in [-0.05, 0) is 42.0 Å². The van der Waals surface area contributed by atoms with Crippen molar-refractivity contribution in [1.29, 1.82) is 0 Å². The van der Waals surface area contributed by atoms with Crippen LogP contribution in [0.25, 0.3) is 10.9 Å². The Morgan fingerprint density at radius 1 is 1.15 bits per heavy atom. The molecule has 7 nitrogen and oxygen atoms in total. The number of esters is 1. The van der Waals surface area contributed by atoms with E-state index in [1.807, 2.05) is 54.6 Å². The number of ether oxygens (including phenoxy) is 1. The van der Waals surface area contributed by atoms with Crippen LogP contribution in [-0.2, 0) is 25.5 Å². The fraction of sp³-hybridized carbons (Fsp3) is 0.308. The number of fused-ring (bicyclic) bond motifs is 3. The second-order valence-corrected chi connectivity index (χ2v) is 8.31. The highest BCUT2D eigenvalue weighted by Crippen LogP contribution is 2.29. The zero-order valence-corrected chi connectivity index (χ0v) is 18.5. The van der Waals surface area contributed by atoms with E-state index in [1.165, 1.54) is 7.11 Å². The lowest BCUT2D eigenvalue weighted by Crippen LogP contribution is -2.42. The number of benzene rings is 2. The van der Waals surface area contributed by atoms with Crippen molar-refractivity contribution in [2.24, 2.45) is 0 Å². The van der Waals surface area contributed by atoms with E-state index >= 15 is 0 Å². The van der Waals surface area contributed by atoms with Crippen molar-refractivity contribution in [2.75, 3.05) is 12.4 Å². The molecule has 1 unspecified atom stereocenters. The van der Waals surface area contributed by atoms with Crippen LogP contribution >= 0.6 is 0 Å².